The molecule has 34 heteroatoms. The first kappa shape index (κ1) is 55.9. The minimum absolute atomic E-state index is 0.0124. The van der Waals surface area contributed by atoms with Crippen LogP contribution in [-0.4, -0.2) is 175 Å². The number of thioether (sulfide) groups is 1. The van der Waals surface area contributed by atoms with Gasteiger partial charge in [0.25, 0.3) is 0 Å². The first-order valence-electron chi connectivity index (χ1n) is 20.5. The number of amides is 3. The fourth-order valence-corrected chi connectivity index (χ4v) is 10.3. The molecule has 0 aliphatic carbocycles. The van der Waals surface area contributed by atoms with E-state index in [4.69, 9.17) is 25.3 Å². The number of anilines is 1. The number of imidazole rings is 1. The molecule has 30 nitrogen and oxygen atoms in total. The number of phosphoric ester groups is 3. The number of nitrogens with zero attached hydrogens (tertiary/aromatic N) is 5. The van der Waals surface area contributed by atoms with Crippen molar-refractivity contribution in [3.05, 3.63) is 42.5 Å². The zero-order valence-corrected chi connectivity index (χ0v) is 40.1. The molecule has 69 heavy (non-hydrogen) atoms. The highest BCUT2D eigenvalue weighted by atomic mass is 32.2. The van der Waals surface area contributed by atoms with Crippen molar-refractivity contribution in [3.8, 4) is 5.75 Å². The van der Waals surface area contributed by atoms with Crippen LogP contribution in [0.2, 0.25) is 0 Å². The molecule has 1 aromatic carbocycles. The number of benzene rings is 1. The Labute approximate surface area is 395 Å². The van der Waals surface area contributed by atoms with Gasteiger partial charge in [-0.1, -0.05) is 37.7 Å². The van der Waals surface area contributed by atoms with Gasteiger partial charge in [-0.05, 0) is 24.1 Å². The van der Waals surface area contributed by atoms with Gasteiger partial charge in [0.05, 0.1) is 44.8 Å². The molecular weight excluding hydrogens is 1010 g/mol. The molecule has 0 saturated carbocycles. The lowest BCUT2D eigenvalue weighted by atomic mass is 9.87. The van der Waals surface area contributed by atoms with Crippen molar-refractivity contribution in [2.24, 2.45) is 11.1 Å². The van der Waals surface area contributed by atoms with Crippen LogP contribution in [0.5, 0.6) is 5.75 Å². The normalized spacial score (nSPS) is 23.6. The summed E-state index contributed by atoms with van der Waals surface area (Å²) in [7, 11) is -16.5. The summed E-state index contributed by atoms with van der Waals surface area (Å²) >= 11 is 0.834. The quantitative estimate of drug-likeness (QED) is 0.0298. The number of fused-ring (bicyclic) bond motifs is 1. The number of phenols is 1. The molecule has 2 aliphatic heterocycles. The molecule has 0 bridgehead atoms. The number of phosphoric acid groups is 3. The molecule has 10 unspecified atom stereocenters. The van der Waals surface area contributed by atoms with Gasteiger partial charge in [-0.15, -0.1) is 0 Å². The lowest BCUT2D eigenvalue weighted by Gasteiger charge is -2.30. The van der Waals surface area contributed by atoms with E-state index < -0.39 is 120 Å². The number of nitrogen functional groups attached to an aromatic ring is 1. The molecule has 2 aromatic heterocycles. The summed E-state index contributed by atoms with van der Waals surface area (Å²) in [5.74, 6) is -1.89. The first-order chi connectivity index (χ1) is 32.2. The van der Waals surface area contributed by atoms with Gasteiger partial charge in [0, 0.05) is 30.7 Å². The summed E-state index contributed by atoms with van der Waals surface area (Å²) in [6.07, 6.45) is -7.82. The van der Waals surface area contributed by atoms with Crippen LogP contribution in [0.4, 0.5) is 5.82 Å². The SMILES string of the molecule is CC(C)(COP(=O)(O)OP(=O)(O)OCC1OC(n2cnc3c(N)ncnc32)C(O)C1OP(=O)(O)O)C(O)C(=O)NCCC(=O)NCCSC(=O)CN1C(=O)C(Cc2ccc(O)cc2)NC1C(N)CO. The number of carbonyl (C=O) groups is 4. The third kappa shape index (κ3) is 15.5. The summed E-state index contributed by atoms with van der Waals surface area (Å²) in [6, 6.07) is 4.61. The number of nitrogens with two attached hydrogens (primary N) is 2. The van der Waals surface area contributed by atoms with E-state index >= 15 is 0 Å². The van der Waals surface area contributed by atoms with E-state index in [1.165, 1.54) is 30.9 Å². The van der Waals surface area contributed by atoms with Crippen molar-refractivity contribution in [1.29, 1.82) is 0 Å². The molecule has 2 fully saturated rings. The Bertz CT molecular complexity index is 2450. The fraction of sp³-hybridized carbons (Fsp3) is 0.571. The number of hydrogen-bond acceptors (Lipinski definition) is 23. The third-order valence-corrected chi connectivity index (χ3v) is 14.3. The number of nitrogens with one attached hydrogen (secondary N) is 3. The summed E-state index contributed by atoms with van der Waals surface area (Å²) in [5.41, 5.74) is 10.9. The van der Waals surface area contributed by atoms with Gasteiger partial charge < -0.3 is 71.7 Å². The van der Waals surface area contributed by atoms with Gasteiger partial charge in [0.2, 0.25) is 22.8 Å². The molecule has 0 spiro atoms. The second-order valence-corrected chi connectivity index (χ2v) is 21.5. The Balaban J connectivity index is 1.02. The molecule has 5 rings (SSSR count). The van der Waals surface area contributed by atoms with Gasteiger partial charge >= 0.3 is 23.5 Å². The Morgan fingerprint density at radius 3 is 2.38 bits per heavy atom. The summed E-state index contributed by atoms with van der Waals surface area (Å²) in [5, 5.41) is 48.3. The van der Waals surface area contributed by atoms with E-state index in [2.05, 4.69) is 39.7 Å². The lowest BCUT2D eigenvalue weighted by molar-refractivity contribution is -0.137. The number of hydrogen-bond donors (Lipinski definition) is 13. The van der Waals surface area contributed by atoms with Crippen molar-refractivity contribution in [2.75, 3.05) is 50.9 Å². The average molecular weight is 1060 g/mol. The summed E-state index contributed by atoms with van der Waals surface area (Å²) in [4.78, 5) is 104. The number of aromatic nitrogens is 4. The van der Waals surface area contributed by atoms with Crippen molar-refractivity contribution >= 4 is 75.0 Å². The molecular formula is C35H53N10O20P3S. The Kier molecular flexibility index (Phi) is 19.0. The van der Waals surface area contributed by atoms with Crippen LogP contribution in [0.3, 0.4) is 0 Å². The molecule has 15 N–H and O–H groups in total. The van der Waals surface area contributed by atoms with Crippen LogP contribution < -0.4 is 27.4 Å². The van der Waals surface area contributed by atoms with Crippen LogP contribution in [0.25, 0.3) is 11.2 Å². The number of aliphatic hydroxyl groups excluding tert-OH is 3. The maximum atomic E-state index is 13.2. The molecule has 384 valence electrons. The monoisotopic (exact) mass is 1060 g/mol. The highest BCUT2D eigenvalue weighted by molar-refractivity contribution is 8.13. The molecule has 3 aromatic rings. The van der Waals surface area contributed by atoms with Crippen LogP contribution in [0.1, 0.15) is 32.1 Å². The van der Waals surface area contributed by atoms with E-state index in [0.717, 1.165) is 34.5 Å². The minimum atomic E-state index is -5.62. The summed E-state index contributed by atoms with van der Waals surface area (Å²) in [6.45, 7) is -0.737. The number of ether oxygens (including phenoxy) is 1. The summed E-state index contributed by atoms with van der Waals surface area (Å²) < 4.78 is 62.4. The van der Waals surface area contributed by atoms with Gasteiger partial charge in [-0.25, -0.2) is 28.6 Å². The van der Waals surface area contributed by atoms with E-state index in [9.17, 15) is 72.9 Å². The van der Waals surface area contributed by atoms with Crippen molar-refractivity contribution < 1.29 is 95.5 Å². The molecule has 2 aliphatic rings. The van der Waals surface area contributed by atoms with Crippen LogP contribution >= 0.6 is 35.2 Å². The van der Waals surface area contributed by atoms with E-state index in [-0.39, 0.29) is 61.0 Å². The van der Waals surface area contributed by atoms with Crippen molar-refractivity contribution in [1.82, 2.24) is 40.4 Å². The largest absolute Gasteiger partial charge is 0.508 e. The van der Waals surface area contributed by atoms with E-state index in [1.807, 2.05) is 0 Å². The standard InChI is InChI=1S/C35H53N10O20P3S/c1-35(2,15-62-68(59,60)65-67(57,58)61-14-22-27(64-66(54,55)56)26(50)34(63-22)45-17-42-25-29(37)40-16-41-31(25)45)28(51)32(52)39-8-7-23(48)38-9-10-69-24(49)12-44-30(20(36)13-46)43-21(33(44)53)11-18-3-5-19(47)6-4-18/h3-6,16-17,20-22,26-28,30,34,43,46-47,50-51H,7-15,36H2,1-2H3,(H,38,48)(H,39,52)(H,57,58)(H,59,60)(H2,37,40,41)(H2,54,55,56). The topological polar surface area (TPSA) is 462 Å². The number of phenolic OH excluding ortho intramolecular Hbond substituents is 1. The predicted molar refractivity (Wildman–Crippen MR) is 236 cm³/mol. The third-order valence-electron chi connectivity index (χ3n) is 10.3. The Hall–Kier alpha value is -4.07. The number of aliphatic hydroxyl groups is 3. The second kappa shape index (κ2) is 23.4. The maximum Gasteiger partial charge on any atom is 0.481 e. The number of aromatic hydroxyl groups is 1. The Morgan fingerprint density at radius 1 is 1.03 bits per heavy atom. The Morgan fingerprint density at radius 2 is 1.71 bits per heavy atom. The van der Waals surface area contributed by atoms with E-state index in [0.29, 0.717) is 0 Å². The molecule has 10 atom stereocenters. The van der Waals surface area contributed by atoms with Crippen LogP contribution in [0.15, 0.2) is 36.9 Å². The fourth-order valence-electron chi connectivity index (χ4n) is 6.83. The molecule has 0 radical (unpaired) electrons. The van der Waals surface area contributed by atoms with Crippen molar-refractivity contribution in [2.45, 2.75) is 75.6 Å². The highest BCUT2D eigenvalue weighted by Gasteiger charge is 2.50. The van der Waals surface area contributed by atoms with E-state index in [1.54, 1.807) is 12.1 Å². The number of carbonyl (C=O) groups excluding carboxylic acids is 4. The zero-order valence-electron chi connectivity index (χ0n) is 36.6. The zero-order chi connectivity index (χ0) is 51.1. The van der Waals surface area contributed by atoms with Gasteiger partial charge in [-0.3, -0.25) is 42.6 Å². The smallest absolute Gasteiger partial charge is 0.481 e. The van der Waals surface area contributed by atoms with Gasteiger partial charge in [0.1, 0.15) is 48.2 Å². The molecule has 4 heterocycles. The average Bonchev–Trinajstić information content (AvgIpc) is 3.93. The number of rotatable bonds is 25. The minimum Gasteiger partial charge on any atom is -0.508 e. The van der Waals surface area contributed by atoms with Crippen LogP contribution in [0, 0.1) is 5.41 Å². The van der Waals surface area contributed by atoms with Gasteiger partial charge in [-0.2, -0.15) is 4.31 Å². The first-order valence-corrected chi connectivity index (χ1v) is 26.0. The molecule has 2 saturated heterocycles. The molecule has 3 amide bonds. The van der Waals surface area contributed by atoms with Crippen LogP contribution in [-0.2, 0) is 61.9 Å². The van der Waals surface area contributed by atoms with Crippen molar-refractivity contribution in [3.63, 3.8) is 0 Å². The second-order valence-electron chi connectivity index (χ2n) is 16.1. The lowest BCUT2D eigenvalue weighted by Crippen LogP contribution is -2.53. The maximum absolute atomic E-state index is 13.2. The van der Waals surface area contributed by atoms with Gasteiger partial charge in [0.15, 0.2) is 17.7 Å². The predicted octanol–water partition coefficient (Wildman–Crippen LogP) is -2.94. The highest BCUT2D eigenvalue weighted by Crippen LogP contribution is 2.61.